The summed E-state index contributed by atoms with van der Waals surface area (Å²) < 4.78 is 72.7. The van der Waals surface area contributed by atoms with Crippen molar-refractivity contribution in [2.45, 2.75) is 70.8 Å². The molecule has 0 aliphatic heterocycles. The number of ether oxygens (including phenoxy) is 1. The van der Waals surface area contributed by atoms with Gasteiger partial charge in [-0.1, -0.05) is 64.0 Å². The summed E-state index contributed by atoms with van der Waals surface area (Å²) in [6.07, 6.45) is 6.98. The Labute approximate surface area is 180 Å². The highest BCUT2D eigenvalue weighted by atomic mass is 19.3. The summed E-state index contributed by atoms with van der Waals surface area (Å²) in [7, 11) is 0. The molecule has 0 amide bonds. The van der Waals surface area contributed by atoms with Crippen molar-refractivity contribution in [1.29, 1.82) is 0 Å². The molecule has 170 valence electrons. The summed E-state index contributed by atoms with van der Waals surface area (Å²) in [6, 6.07) is 6.77. The number of rotatable bonds is 9. The Morgan fingerprint density at radius 3 is 1.97 bits per heavy atom. The molecule has 0 aromatic heterocycles. The number of alkyl halides is 2. The number of benzene rings is 2. The van der Waals surface area contributed by atoms with Crippen LogP contribution in [0.15, 0.2) is 36.4 Å². The Kier molecular flexibility index (Phi) is 7.95. The van der Waals surface area contributed by atoms with Crippen LogP contribution in [0.5, 0.6) is 5.75 Å². The molecule has 2 aromatic rings. The Morgan fingerprint density at radius 2 is 1.42 bits per heavy atom. The number of unbranched alkanes of at least 4 members (excludes halogenated alkanes) is 1. The maximum Gasteiger partial charge on any atom is 0.426 e. The van der Waals surface area contributed by atoms with E-state index in [0.717, 1.165) is 24.3 Å². The van der Waals surface area contributed by atoms with E-state index >= 15 is 0 Å². The Morgan fingerprint density at radius 1 is 0.871 bits per heavy atom. The molecule has 0 N–H and O–H groups in total. The molecular formula is C25H29F5O. The third-order valence-corrected chi connectivity index (χ3v) is 6.26. The minimum atomic E-state index is -3.99. The molecule has 0 unspecified atom stereocenters. The van der Waals surface area contributed by atoms with Gasteiger partial charge in [0, 0.05) is 0 Å². The molecule has 1 aliphatic carbocycles. The van der Waals surface area contributed by atoms with E-state index < -0.39 is 29.1 Å². The minimum Gasteiger partial charge on any atom is -0.429 e. The van der Waals surface area contributed by atoms with Crippen LogP contribution in [0, 0.1) is 29.3 Å². The molecule has 0 radical (unpaired) electrons. The van der Waals surface area contributed by atoms with Gasteiger partial charge in [0.1, 0.15) is 5.75 Å². The predicted molar refractivity (Wildman–Crippen MR) is 111 cm³/mol. The van der Waals surface area contributed by atoms with Crippen LogP contribution < -0.4 is 4.74 Å². The molecule has 0 spiro atoms. The van der Waals surface area contributed by atoms with Gasteiger partial charge >= 0.3 is 6.11 Å². The molecule has 0 heterocycles. The lowest BCUT2D eigenvalue weighted by Gasteiger charge is -2.28. The predicted octanol–water partition coefficient (Wildman–Crippen LogP) is 8.16. The van der Waals surface area contributed by atoms with Gasteiger partial charge in [-0.25, -0.2) is 13.2 Å². The highest BCUT2D eigenvalue weighted by Gasteiger charge is 2.36. The highest BCUT2D eigenvalue weighted by molar-refractivity contribution is 5.29. The van der Waals surface area contributed by atoms with Crippen LogP contribution >= 0.6 is 0 Å². The third kappa shape index (κ3) is 6.44. The van der Waals surface area contributed by atoms with E-state index in [1.807, 2.05) is 0 Å². The van der Waals surface area contributed by atoms with Crippen LogP contribution in [-0.4, -0.2) is 0 Å². The Hall–Kier alpha value is -2.11. The van der Waals surface area contributed by atoms with Crippen LogP contribution in [0.3, 0.4) is 0 Å². The smallest absolute Gasteiger partial charge is 0.426 e. The number of aryl methyl sites for hydroxylation is 1. The van der Waals surface area contributed by atoms with Gasteiger partial charge < -0.3 is 4.74 Å². The van der Waals surface area contributed by atoms with Gasteiger partial charge in [0.25, 0.3) is 0 Å². The SMILES string of the molecule is CCCCC1CCC(CCc2ccc(OC(F)(F)c3cc(F)c(F)c(F)c3)cc2)CC1. The lowest BCUT2D eigenvalue weighted by Crippen LogP contribution is -2.22. The lowest BCUT2D eigenvalue weighted by atomic mass is 9.78. The standard InChI is InChI=1S/C25H29F5O/c1-2-3-4-17-5-7-18(8-6-17)9-10-19-11-13-21(14-12-19)31-25(29,30)20-15-22(26)24(28)23(27)16-20/h11-18H,2-10H2,1H3. The van der Waals surface area contributed by atoms with Crippen LogP contribution in [0.1, 0.15) is 69.4 Å². The average molecular weight is 440 g/mol. The Balaban J connectivity index is 1.51. The van der Waals surface area contributed by atoms with Gasteiger partial charge in [-0.15, -0.1) is 0 Å². The zero-order valence-electron chi connectivity index (χ0n) is 17.8. The van der Waals surface area contributed by atoms with E-state index in [-0.39, 0.29) is 17.9 Å². The summed E-state index contributed by atoms with van der Waals surface area (Å²) in [5.74, 6) is -3.71. The van der Waals surface area contributed by atoms with Gasteiger partial charge in [0.05, 0.1) is 5.56 Å². The van der Waals surface area contributed by atoms with Crippen molar-refractivity contribution in [2.24, 2.45) is 11.8 Å². The first-order valence-electron chi connectivity index (χ1n) is 11.1. The fraction of sp³-hybridized carbons (Fsp3) is 0.520. The van der Waals surface area contributed by atoms with Crippen molar-refractivity contribution in [2.75, 3.05) is 0 Å². The van der Waals surface area contributed by atoms with Gasteiger partial charge in [-0.3, -0.25) is 0 Å². The second-order valence-corrected chi connectivity index (χ2v) is 8.58. The molecule has 1 aliphatic rings. The number of hydrogen-bond donors (Lipinski definition) is 0. The molecule has 3 rings (SSSR count). The van der Waals surface area contributed by atoms with Crippen molar-refractivity contribution >= 4 is 0 Å². The molecule has 0 atom stereocenters. The van der Waals surface area contributed by atoms with E-state index in [1.54, 1.807) is 12.1 Å². The molecule has 1 nitrogen and oxygen atoms in total. The normalized spacial score (nSPS) is 19.4. The van der Waals surface area contributed by atoms with E-state index in [0.29, 0.717) is 5.92 Å². The maximum atomic E-state index is 14.3. The molecule has 31 heavy (non-hydrogen) atoms. The van der Waals surface area contributed by atoms with Gasteiger partial charge in [-0.2, -0.15) is 8.78 Å². The Bertz CT molecular complexity index is 818. The lowest BCUT2D eigenvalue weighted by molar-refractivity contribution is -0.185. The third-order valence-electron chi connectivity index (χ3n) is 6.26. The molecule has 0 saturated heterocycles. The minimum absolute atomic E-state index is 0.129. The fourth-order valence-corrected chi connectivity index (χ4v) is 4.33. The van der Waals surface area contributed by atoms with Crippen molar-refractivity contribution in [1.82, 2.24) is 0 Å². The second kappa shape index (κ2) is 10.5. The second-order valence-electron chi connectivity index (χ2n) is 8.58. The molecule has 0 bridgehead atoms. The van der Waals surface area contributed by atoms with Crippen molar-refractivity contribution in [3.8, 4) is 5.75 Å². The van der Waals surface area contributed by atoms with Gasteiger partial charge in [0.2, 0.25) is 0 Å². The fourth-order valence-electron chi connectivity index (χ4n) is 4.33. The van der Waals surface area contributed by atoms with E-state index in [1.165, 1.54) is 57.1 Å². The quantitative estimate of drug-likeness (QED) is 0.282. The first-order chi connectivity index (χ1) is 14.8. The summed E-state index contributed by atoms with van der Waals surface area (Å²) in [6.45, 7) is 2.23. The first-order valence-corrected chi connectivity index (χ1v) is 11.1. The van der Waals surface area contributed by atoms with Crippen molar-refractivity contribution < 1.29 is 26.7 Å². The van der Waals surface area contributed by atoms with Crippen LogP contribution in [-0.2, 0) is 12.5 Å². The van der Waals surface area contributed by atoms with E-state index in [4.69, 9.17) is 0 Å². The van der Waals surface area contributed by atoms with E-state index in [9.17, 15) is 22.0 Å². The molecule has 1 saturated carbocycles. The number of halogens is 5. The van der Waals surface area contributed by atoms with Crippen LogP contribution in [0.2, 0.25) is 0 Å². The molecule has 6 heteroatoms. The van der Waals surface area contributed by atoms with Crippen molar-refractivity contribution in [3.63, 3.8) is 0 Å². The van der Waals surface area contributed by atoms with Gasteiger partial charge in [0.15, 0.2) is 17.5 Å². The summed E-state index contributed by atoms with van der Waals surface area (Å²) in [4.78, 5) is 0. The summed E-state index contributed by atoms with van der Waals surface area (Å²) in [5.41, 5.74) is -0.0508. The zero-order valence-corrected chi connectivity index (χ0v) is 17.8. The molecular weight excluding hydrogens is 411 g/mol. The number of hydrogen-bond acceptors (Lipinski definition) is 1. The van der Waals surface area contributed by atoms with Crippen molar-refractivity contribution in [3.05, 3.63) is 65.0 Å². The zero-order chi connectivity index (χ0) is 22.4. The average Bonchev–Trinajstić information content (AvgIpc) is 2.75. The summed E-state index contributed by atoms with van der Waals surface area (Å²) >= 11 is 0. The topological polar surface area (TPSA) is 9.23 Å². The largest absolute Gasteiger partial charge is 0.429 e. The first kappa shape index (κ1) is 23.6. The highest BCUT2D eigenvalue weighted by Crippen LogP contribution is 2.35. The monoisotopic (exact) mass is 440 g/mol. The molecule has 1 fully saturated rings. The molecule has 2 aromatic carbocycles. The van der Waals surface area contributed by atoms with Crippen LogP contribution in [0.25, 0.3) is 0 Å². The summed E-state index contributed by atoms with van der Waals surface area (Å²) in [5, 5.41) is 0. The van der Waals surface area contributed by atoms with Gasteiger partial charge in [-0.05, 0) is 54.5 Å². The van der Waals surface area contributed by atoms with E-state index in [2.05, 4.69) is 11.7 Å². The van der Waals surface area contributed by atoms with Crippen LogP contribution in [0.4, 0.5) is 22.0 Å². The maximum absolute atomic E-state index is 14.3.